The first kappa shape index (κ1) is 7.69. The lowest BCUT2D eigenvalue weighted by Gasteiger charge is -2.14. The lowest BCUT2D eigenvalue weighted by Crippen LogP contribution is -2.20. The monoisotopic (exact) mass is 132 g/mol. The van der Waals surface area contributed by atoms with E-state index in [0.29, 0.717) is 0 Å². The molecule has 48 valence electrons. The van der Waals surface area contributed by atoms with Crippen LogP contribution in [-0.4, -0.2) is 20.6 Å². The maximum Gasteiger partial charge on any atom is 0.305 e. The summed E-state index contributed by atoms with van der Waals surface area (Å²) in [7, 11) is -0.405. The zero-order valence-electron chi connectivity index (χ0n) is 5.56. The second kappa shape index (κ2) is 2.30. The summed E-state index contributed by atoms with van der Waals surface area (Å²) in [6, 6.07) is 0. The van der Waals surface area contributed by atoms with Crippen molar-refractivity contribution in [3.63, 3.8) is 0 Å². The van der Waals surface area contributed by atoms with Crippen molar-refractivity contribution in [1.29, 1.82) is 0 Å². The van der Waals surface area contributed by atoms with E-state index in [2.05, 4.69) is 0 Å². The number of aliphatic carboxylic acids is 1. The molecule has 0 rings (SSSR count). The fraction of sp³-hybridized carbons (Fsp3) is 0.800. The van der Waals surface area contributed by atoms with Crippen molar-refractivity contribution in [2.75, 3.05) is 0 Å². The number of carbonyl (C=O) groups is 1. The van der Waals surface area contributed by atoms with Gasteiger partial charge in [-0.2, -0.15) is 0 Å². The number of rotatable bonds is 2. The summed E-state index contributed by atoms with van der Waals surface area (Å²) in [4.78, 5) is 10.3. The van der Waals surface area contributed by atoms with Crippen LogP contribution in [0, 0.1) is 0 Å². The van der Waals surface area contributed by atoms with Crippen LogP contribution in [0.25, 0.3) is 0 Å². The third kappa shape index (κ3) is 1.66. The molecule has 0 aromatic carbocycles. The summed E-state index contributed by atoms with van der Waals surface area (Å²) < 4.78 is 0. The van der Waals surface area contributed by atoms with Crippen molar-refractivity contribution in [2.24, 2.45) is 0 Å². The molecule has 0 saturated carbocycles. The van der Waals surface area contributed by atoms with Crippen molar-refractivity contribution in [3.05, 3.63) is 0 Å². The summed E-state index contributed by atoms with van der Waals surface area (Å²) in [5.41, 5.74) is 0. The average molecular weight is 132 g/mol. The van der Waals surface area contributed by atoms with Gasteiger partial charge in [0.25, 0.3) is 0 Å². The van der Waals surface area contributed by atoms with Gasteiger partial charge in [0, 0.05) is 14.6 Å². The van der Waals surface area contributed by atoms with Crippen LogP contribution in [-0.2, 0) is 4.79 Å². The predicted octanol–water partition coefficient (Wildman–Crippen LogP) is 0.486. The summed E-state index contributed by atoms with van der Waals surface area (Å²) in [6.45, 7) is 5.57. The molecule has 0 bridgehead atoms. The maximum absolute atomic E-state index is 10.3. The first-order chi connectivity index (χ1) is 3.50. The summed E-state index contributed by atoms with van der Waals surface area (Å²) >= 11 is 0. The Bertz CT molecular complexity index is 98.6. The minimum Gasteiger partial charge on any atom is -0.481 e. The van der Waals surface area contributed by atoms with E-state index < -0.39 is 20.5 Å². The van der Waals surface area contributed by atoms with Gasteiger partial charge in [-0.15, -0.1) is 0 Å². The van der Waals surface area contributed by atoms with Crippen LogP contribution in [0.2, 0.25) is 11.6 Å². The van der Waals surface area contributed by atoms with Crippen LogP contribution in [0.15, 0.2) is 0 Å². The van der Waals surface area contributed by atoms with E-state index in [1.54, 1.807) is 13.8 Å². The van der Waals surface area contributed by atoms with Crippen LogP contribution >= 0.6 is 0 Å². The molecule has 0 spiro atoms. The zero-order chi connectivity index (χ0) is 6.78. The molecule has 0 aromatic rings. The molecule has 0 radical (unpaired) electrons. The van der Waals surface area contributed by atoms with E-state index in [4.69, 9.17) is 5.11 Å². The highest BCUT2D eigenvalue weighted by Crippen LogP contribution is 2.21. The summed E-state index contributed by atoms with van der Waals surface area (Å²) in [6.07, 6.45) is 0. The Balaban J connectivity index is 3.91. The Kier molecular flexibility index (Phi) is 2.21. The molecular weight excluding hydrogens is 120 g/mol. The number of carboxylic acid groups (broad SMARTS) is 1. The lowest BCUT2D eigenvalue weighted by atomic mass is 10.2. The second-order valence-corrected chi connectivity index (χ2v) is 5.02. The fourth-order valence-electron chi connectivity index (χ4n) is 0.151. The first-order valence-corrected chi connectivity index (χ1v) is 4.86. The molecule has 0 saturated heterocycles. The lowest BCUT2D eigenvalue weighted by molar-refractivity contribution is -0.139. The van der Waals surface area contributed by atoms with E-state index in [1.165, 1.54) is 0 Å². The zero-order valence-corrected chi connectivity index (χ0v) is 6.98. The molecule has 3 heteroatoms. The highest BCUT2D eigenvalue weighted by Gasteiger charge is 2.23. The molecule has 0 aliphatic rings. The van der Waals surface area contributed by atoms with Crippen LogP contribution < -0.4 is 0 Å². The molecule has 0 atom stereocenters. The van der Waals surface area contributed by atoms with Crippen molar-refractivity contribution in [1.82, 2.24) is 0 Å². The van der Waals surface area contributed by atoms with Crippen LogP contribution in [0.1, 0.15) is 13.8 Å². The molecular formula is C5H12O2Si. The Labute approximate surface area is 51.7 Å². The van der Waals surface area contributed by atoms with Gasteiger partial charge in [-0.05, 0) is 0 Å². The van der Waals surface area contributed by atoms with Crippen molar-refractivity contribution >= 4 is 15.5 Å². The van der Waals surface area contributed by atoms with Crippen molar-refractivity contribution < 1.29 is 9.90 Å². The fourth-order valence-corrected chi connectivity index (χ4v) is 0.454. The van der Waals surface area contributed by atoms with Gasteiger partial charge in [-0.25, -0.2) is 0 Å². The molecule has 2 nitrogen and oxygen atoms in total. The van der Waals surface area contributed by atoms with Crippen LogP contribution in [0.4, 0.5) is 0 Å². The van der Waals surface area contributed by atoms with Gasteiger partial charge < -0.3 is 5.11 Å². The Morgan fingerprint density at radius 2 is 2.00 bits per heavy atom. The van der Waals surface area contributed by atoms with Gasteiger partial charge in [0.2, 0.25) is 0 Å². The van der Waals surface area contributed by atoms with E-state index in [0.717, 1.165) is 0 Å². The molecule has 0 aromatic heterocycles. The highest BCUT2D eigenvalue weighted by molar-refractivity contribution is 6.44. The minimum absolute atomic E-state index is 0.403. The second-order valence-electron chi connectivity index (χ2n) is 2.54. The Morgan fingerprint density at radius 1 is 1.62 bits per heavy atom. The molecule has 8 heavy (non-hydrogen) atoms. The third-order valence-electron chi connectivity index (χ3n) is 1.46. The van der Waals surface area contributed by atoms with Gasteiger partial charge in [0.1, 0.15) is 0 Å². The molecule has 0 aliphatic heterocycles. The molecule has 0 fully saturated rings. The van der Waals surface area contributed by atoms with E-state index in [1.807, 2.05) is 6.55 Å². The number of hydrogen-bond donors (Lipinski definition) is 1. The standard InChI is InChI=1S/C5H12O2Si/c1-5(2,8-3)4(6)7/h8H2,1-3H3,(H,6,7). The minimum atomic E-state index is -0.660. The SMILES string of the molecule is C[SiH2]C(C)(C)C(=O)O. The number of hydrogen-bond acceptors (Lipinski definition) is 1. The molecule has 0 unspecified atom stereocenters. The normalized spacial score (nSPS) is 12.9. The van der Waals surface area contributed by atoms with Crippen molar-refractivity contribution in [2.45, 2.75) is 25.4 Å². The Hall–Kier alpha value is -0.313. The van der Waals surface area contributed by atoms with E-state index in [9.17, 15) is 4.79 Å². The predicted molar refractivity (Wildman–Crippen MR) is 36.1 cm³/mol. The van der Waals surface area contributed by atoms with Gasteiger partial charge in [-0.1, -0.05) is 20.4 Å². The van der Waals surface area contributed by atoms with Gasteiger partial charge >= 0.3 is 5.97 Å². The molecule has 0 aliphatic carbocycles. The Morgan fingerprint density at radius 3 is 2.00 bits per heavy atom. The topological polar surface area (TPSA) is 37.3 Å². The van der Waals surface area contributed by atoms with Gasteiger partial charge in [0.05, 0.1) is 0 Å². The largest absolute Gasteiger partial charge is 0.481 e. The van der Waals surface area contributed by atoms with E-state index in [-0.39, 0.29) is 0 Å². The van der Waals surface area contributed by atoms with E-state index >= 15 is 0 Å². The van der Waals surface area contributed by atoms with Gasteiger partial charge in [-0.3, -0.25) is 4.79 Å². The summed E-state index contributed by atoms with van der Waals surface area (Å²) in [5.74, 6) is -0.660. The molecule has 0 heterocycles. The molecule has 0 amide bonds. The van der Waals surface area contributed by atoms with Gasteiger partial charge in [0.15, 0.2) is 0 Å². The molecule has 1 N–H and O–H groups in total. The average Bonchev–Trinajstić information content (AvgIpc) is 1.67. The summed E-state index contributed by atoms with van der Waals surface area (Å²) in [5, 5.41) is 8.07. The highest BCUT2D eigenvalue weighted by atomic mass is 28.2. The number of carboxylic acids is 1. The van der Waals surface area contributed by atoms with Crippen LogP contribution in [0.5, 0.6) is 0 Å². The third-order valence-corrected chi connectivity index (χ3v) is 3.53. The smallest absolute Gasteiger partial charge is 0.305 e. The van der Waals surface area contributed by atoms with Crippen LogP contribution in [0.3, 0.4) is 0 Å². The maximum atomic E-state index is 10.3. The van der Waals surface area contributed by atoms with Crippen molar-refractivity contribution in [3.8, 4) is 0 Å². The first-order valence-electron chi connectivity index (χ1n) is 2.74. The quantitative estimate of drug-likeness (QED) is 0.555.